The van der Waals surface area contributed by atoms with Crippen molar-refractivity contribution < 1.29 is 9.53 Å². The zero-order chi connectivity index (χ0) is 40.5. The summed E-state index contributed by atoms with van der Waals surface area (Å²) >= 11 is 0. The Morgan fingerprint density at radius 1 is 0.357 bits per heavy atom. The first kappa shape index (κ1) is 55.2. The molecule has 0 heterocycles. The van der Waals surface area contributed by atoms with E-state index in [0.29, 0.717) is 13.0 Å². The van der Waals surface area contributed by atoms with Crippen LogP contribution in [-0.4, -0.2) is 12.6 Å². The Morgan fingerprint density at radius 3 is 0.946 bits per heavy atom. The maximum absolute atomic E-state index is 12.0. The summed E-state index contributed by atoms with van der Waals surface area (Å²) < 4.78 is 5.46. The summed E-state index contributed by atoms with van der Waals surface area (Å²) in [5.41, 5.74) is 0. The van der Waals surface area contributed by atoms with Gasteiger partial charge in [0.15, 0.2) is 0 Å². The Kier molecular flexibility index (Phi) is 49.6. The van der Waals surface area contributed by atoms with Crippen LogP contribution in [-0.2, 0) is 9.53 Å². The third kappa shape index (κ3) is 51.2. The molecule has 0 aromatic rings. The van der Waals surface area contributed by atoms with E-state index in [2.05, 4.69) is 32.9 Å². The Hall–Kier alpha value is -0.790. The molecule has 0 atom stereocenters. The highest BCUT2D eigenvalue weighted by Gasteiger charge is 2.03. The van der Waals surface area contributed by atoms with Crippen molar-refractivity contribution in [1.82, 2.24) is 0 Å². The molecule has 0 aliphatic rings. The van der Waals surface area contributed by atoms with Crippen LogP contribution < -0.4 is 0 Å². The van der Waals surface area contributed by atoms with Crippen LogP contribution in [0.4, 0.5) is 0 Å². The lowest BCUT2D eigenvalue weighted by Gasteiger charge is -2.06. The van der Waals surface area contributed by atoms with Gasteiger partial charge in [-0.05, 0) is 38.0 Å². The van der Waals surface area contributed by atoms with Crippen molar-refractivity contribution in [3.63, 3.8) is 0 Å². The molecule has 2 nitrogen and oxygen atoms in total. The van der Waals surface area contributed by atoms with E-state index in [1.54, 1.807) is 0 Å². The summed E-state index contributed by atoms with van der Waals surface area (Å²) in [6.07, 6.45) is 68.1. The first-order chi connectivity index (χ1) is 27.7. The van der Waals surface area contributed by atoms with Gasteiger partial charge in [-0.15, -0.1) is 0 Å². The molecule has 0 saturated carbocycles. The van der Waals surface area contributed by atoms with Crippen LogP contribution in [0, 0.1) is 5.92 Å². The zero-order valence-corrected chi connectivity index (χ0v) is 39.3. The van der Waals surface area contributed by atoms with E-state index in [1.165, 1.54) is 270 Å². The second-order valence-electron chi connectivity index (χ2n) is 18.7. The van der Waals surface area contributed by atoms with Crippen molar-refractivity contribution in [1.29, 1.82) is 0 Å². The molecule has 0 aromatic carbocycles. The summed E-state index contributed by atoms with van der Waals surface area (Å²) in [5, 5.41) is 0. The predicted molar refractivity (Wildman–Crippen MR) is 253 cm³/mol. The molecule has 0 amide bonds. The SMILES string of the molecule is CCCC/C=C\CCCCCCCC(=O)OCCCCCCCCCCCCCCCCCCCCCCCCCCCCCCCCCCCCCC(C)C. The lowest BCUT2D eigenvalue weighted by molar-refractivity contribution is -0.143. The van der Waals surface area contributed by atoms with E-state index in [0.717, 1.165) is 25.2 Å². The van der Waals surface area contributed by atoms with Gasteiger partial charge in [-0.3, -0.25) is 4.79 Å². The maximum atomic E-state index is 12.0. The number of hydrogen-bond acceptors (Lipinski definition) is 2. The highest BCUT2D eigenvalue weighted by molar-refractivity contribution is 5.69. The van der Waals surface area contributed by atoms with Gasteiger partial charge in [0.2, 0.25) is 0 Å². The minimum atomic E-state index is 0.0187. The van der Waals surface area contributed by atoms with Crippen LogP contribution in [0.1, 0.15) is 316 Å². The van der Waals surface area contributed by atoms with E-state index in [-0.39, 0.29) is 5.97 Å². The quantitative estimate of drug-likeness (QED) is 0.0349. The molecule has 0 unspecified atom stereocenters. The summed E-state index contributed by atoms with van der Waals surface area (Å²) in [4.78, 5) is 12.0. The lowest BCUT2D eigenvalue weighted by Crippen LogP contribution is -2.05. The van der Waals surface area contributed by atoms with Gasteiger partial charge in [0.1, 0.15) is 0 Å². The van der Waals surface area contributed by atoms with E-state index in [4.69, 9.17) is 4.74 Å². The summed E-state index contributed by atoms with van der Waals surface area (Å²) in [6, 6.07) is 0. The van der Waals surface area contributed by atoms with E-state index in [1.807, 2.05) is 0 Å². The molecule has 0 aliphatic heterocycles. The van der Waals surface area contributed by atoms with Crippen molar-refractivity contribution in [2.75, 3.05) is 6.61 Å². The van der Waals surface area contributed by atoms with E-state index in [9.17, 15) is 4.79 Å². The number of hydrogen-bond donors (Lipinski definition) is 0. The first-order valence-electron chi connectivity index (χ1n) is 26.5. The van der Waals surface area contributed by atoms with Gasteiger partial charge in [-0.25, -0.2) is 0 Å². The minimum absolute atomic E-state index is 0.0187. The standard InChI is InChI=1S/C54H106O2/c1-4-5-6-7-8-9-35-39-42-45-48-51-54(55)56-52-49-46-43-40-37-34-32-30-28-26-24-22-20-18-16-14-12-10-11-13-15-17-19-21-23-25-27-29-31-33-36-38-41-44-47-50-53(2)3/h7-8,53H,4-6,9-52H2,1-3H3/b8-7-. The minimum Gasteiger partial charge on any atom is -0.466 e. The topological polar surface area (TPSA) is 26.3 Å². The average molecular weight is 787 g/mol. The molecule has 0 rings (SSSR count). The van der Waals surface area contributed by atoms with Crippen molar-refractivity contribution in [3.8, 4) is 0 Å². The molecule has 0 bridgehead atoms. The summed E-state index contributed by atoms with van der Waals surface area (Å²) in [6.45, 7) is 7.58. The fraction of sp³-hybridized carbons (Fsp3) is 0.944. The van der Waals surface area contributed by atoms with Gasteiger partial charge in [-0.2, -0.15) is 0 Å². The highest BCUT2D eigenvalue weighted by atomic mass is 16.5. The molecule has 0 N–H and O–H groups in total. The summed E-state index contributed by atoms with van der Waals surface area (Å²) in [7, 11) is 0. The third-order valence-corrected chi connectivity index (χ3v) is 12.3. The van der Waals surface area contributed by atoms with Crippen LogP contribution in [0.5, 0.6) is 0 Å². The normalized spacial score (nSPS) is 11.8. The molecule has 0 saturated heterocycles. The number of unbranched alkanes of at least 4 members (excludes halogenated alkanes) is 41. The van der Waals surface area contributed by atoms with E-state index >= 15 is 0 Å². The van der Waals surface area contributed by atoms with Gasteiger partial charge in [0.25, 0.3) is 0 Å². The number of allylic oxidation sites excluding steroid dienone is 2. The molecular weight excluding hydrogens is 681 g/mol. The monoisotopic (exact) mass is 787 g/mol. The molecule has 2 heteroatoms. The van der Waals surface area contributed by atoms with Crippen LogP contribution >= 0.6 is 0 Å². The largest absolute Gasteiger partial charge is 0.466 e. The first-order valence-corrected chi connectivity index (χ1v) is 26.5. The van der Waals surface area contributed by atoms with Gasteiger partial charge < -0.3 is 4.74 Å². The predicted octanol–water partition coefficient (Wildman–Crippen LogP) is 19.7. The number of esters is 1. The highest BCUT2D eigenvalue weighted by Crippen LogP contribution is 2.18. The van der Waals surface area contributed by atoms with Crippen molar-refractivity contribution in [2.24, 2.45) is 5.92 Å². The number of carbonyl (C=O) groups is 1. The van der Waals surface area contributed by atoms with E-state index < -0.39 is 0 Å². The number of carbonyl (C=O) groups excluding carboxylic acids is 1. The van der Waals surface area contributed by atoms with Crippen LogP contribution in [0.2, 0.25) is 0 Å². The Labute approximate surface area is 355 Å². The second-order valence-corrected chi connectivity index (χ2v) is 18.7. The molecule has 56 heavy (non-hydrogen) atoms. The fourth-order valence-corrected chi connectivity index (χ4v) is 8.37. The van der Waals surface area contributed by atoms with Crippen molar-refractivity contribution in [2.45, 2.75) is 316 Å². The number of ether oxygens (including phenoxy) is 1. The van der Waals surface area contributed by atoms with Crippen LogP contribution in [0.3, 0.4) is 0 Å². The molecule has 0 aromatic heterocycles. The van der Waals surface area contributed by atoms with Crippen LogP contribution in [0.25, 0.3) is 0 Å². The fourth-order valence-electron chi connectivity index (χ4n) is 8.37. The Bertz CT molecular complexity index is 741. The molecule has 0 fully saturated rings. The average Bonchev–Trinajstić information content (AvgIpc) is 3.19. The van der Waals surface area contributed by atoms with Crippen molar-refractivity contribution >= 4 is 5.97 Å². The third-order valence-electron chi connectivity index (χ3n) is 12.3. The molecule has 0 spiro atoms. The molecule has 0 radical (unpaired) electrons. The smallest absolute Gasteiger partial charge is 0.305 e. The maximum Gasteiger partial charge on any atom is 0.305 e. The van der Waals surface area contributed by atoms with Gasteiger partial charge in [0, 0.05) is 6.42 Å². The molecular formula is C54H106O2. The Morgan fingerprint density at radius 2 is 0.625 bits per heavy atom. The van der Waals surface area contributed by atoms with Crippen LogP contribution in [0.15, 0.2) is 12.2 Å². The van der Waals surface area contributed by atoms with Gasteiger partial charge in [-0.1, -0.05) is 290 Å². The van der Waals surface area contributed by atoms with Gasteiger partial charge >= 0.3 is 5.97 Å². The Balaban J connectivity index is 3.12. The number of rotatable bonds is 49. The zero-order valence-electron chi connectivity index (χ0n) is 39.3. The lowest BCUT2D eigenvalue weighted by atomic mass is 10.0. The molecule has 334 valence electrons. The summed E-state index contributed by atoms with van der Waals surface area (Å²) in [5.74, 6) is 0.909. The van der Waals surface area contributed by atoms with Gasteiger partial charge in [0.05, 0.1) is 6.61 Å². The molecule has 0 aliphatic carbocycles. The van der Waals surface area contributed by atoms with Crippen molar-refractivity contribution in [3.05, 3.63) is 12.2 Å². The second kappa shape index (κ2) is 50.4.